The lowest BCUT2D eigenvalue weighted by Gasteiger charge is -2.19. The maximum atomic E-state index is 6.83. The van der Waals surface area contributed by atoms with Gasteiger partial charge in [0.25, 0.3) is 0 Å². The molecule has 0 bridgehead atoms. The highest BCUT2D eigenvalue weighted by molar-refractivity contribution is 6.12. The number of allylic oxidation sites excluding steroid dienone is 1. The Morgan fingerprint density at radius 1 is 0.357 bits per heavy atom. The van der Waals surface area contributed by atoms with Crippen molar-refractivity contribution in [2.75, 3.05) is 0 Å². The van der Waals surface area contributed by atoms with Gasteiger partial charge in [-0.2, -0.15) is 0 Å². The van der Waals surface area contributed by atoms with Crippen molar-refractivity contribution in [3.05, 3.63) is 247 Å². The first-order valence-electron chi connectivity index (χ1n) is 24.2. The summed E-state index contributed by atoms with van der Waals surface area (Å²) in [4.78, 5) is 0. The van der Waals surface area contributed by atoms with E-state index in [0.717, 1.165) is 89.5 Å². The summed E-state index contributed by atoms with van der Waals surface area (Å²) < 4.78 is 18.1. The Morgan fingerprint density at radius 2 is 0.871 bits per heavy atom. The van der Waals surface area contributed by atoms with Crippen LogP contribution in [-0.2, 0) is 6.42 Å². The molecule has 0 spiro atoms. The summed E-state index contributed by atoms with van der Waals surface area (Å²) in [6.07, 6.45) is 5.64. The summed E-state index contributed by atoms with van der Waals surface area (Å²) >= 11 is 0. The average molecular weight is 895 g/mol. The van der Waals surface area contributed by atoms with Crippen LogP contribution in [0.5, 0.6) is 0 Å². The molecule has 0 amide bonds. The molecule has 0 saturated carbocycles. The van der Waals surface area contributed by atoms with Crippen LogP contribution in [0.1, 0.15) is 22.7 Å². The number of aromatic nitrogens is 2. The standard InChI is InChI=1S/C66H42N2O2/c1-3-13-41(14-4-1)44-25-31-61-54(36-44)51-20-8-10-23-59(51)68(61)62-24-12-21-52-55-38-46(29-34-65(55)70-66(52)62)42-15-11-16-43(35-42)47-27-32-63-56(39-47)57-40-48(28-33-64(57)69-63)45-26-30-60-53(37-45)50-19-7-9-22-58(50)67(60)49-17-5-2-6-18-49/h1-35,37-40,44H,36H2. The van der Waals surface area contributed by atoms with Gasteiger partial charge in [0, 0.05) is 55.0 Å². The average Bonchev–Trinajstić information content (AvgIpc) is 4.18. The fourth-order valence-electron chi connectivity index (χ4n) is 11.6. The van der Waals surface area contributed by atoms with E-state index in [1.54, 1.807) is 0 Å². The fourth-order valence-corrected chi connectivity index (χ4v) is 11.6. The lowest BCUT2D eigenvalue weighted by molar-refractivity contribution is 0.665. The summed E-state index contributed by atoms with van der Waals surface area (Å²) in [5.74, 6) is 0.336. The smallest absolute Gasteiger partial charge is 0.159 e. The Labute approximate surface area is 403 Å². The second-order valence-electron chi connectivity index (χ2n) is 18.8. The molecule has 0 saturated heterocycles. The maximum Gasteiger partial charge on any atom is 0.159 e. The van der Waals surface area contributed by atoms with Crippen molar-refractivity contribution in [2.45, 2.75) is 12.3 Å². The molecule has 0 aliphatic heterocycles. The zero-order chi connectivity index (χ0) is 45.9. The Balaban J connectivity index is 0.785. The minimum Gasteiger partial charge on any atom is -0.456 e. The maximum absolute atomic E-state index is 6.83. The first-order chi connectivity index (χ1) is 34.7. The molecule has 0 N–H and O–H groups in total. The Bertz CT molecular complexity index is 4450. The van der Waals surface area contributed by atoms with Crippen molar-refractivity contribution >= 4 is 82.7 Å². The molecule has 1 aliphatic carbocycles. The van der Waals surface area contributed by atoms with E-state index >= 15 is 0 Å². The van der Waals surface area contributed by atoms with Crippen molar-refractivity contribution in [1.82, 2.24) is 9.13 Å². The van der Waals surface area contributed by atoms with Gasteiger partial charge in [0.05, 0.1) is 22.2 Å². The number of para-hydroxylation sites is 4. The molecule has 0 fully saturated rings. The second-order valence-corrected chi connectivity index (χ2v) is 18.8. The van der Waals surface area contributed by atoms with Gasteiger partial charge in [0.2, 0.25) is 0 Å². The molecular weight excluding hydrogens is 853 g/mol. The van der Waals surface area contributed by atoms with Gasteiger partial charge < -0.3 is 18.0 Å². The summed E-state index contributed by atoms with van der Waals surface area (Å²) in [7, 11) is 0. The molecule has 4 aromatic heterocycles. The first kappa shape index (κ1) is 38.9. The molecule has 14 aromatic rings. The predicted octanol–water partition coefficient (Wildman–Crippen LogP) is 17.9. The minimum absolute atomic E-state index is 0.336. The van der Waals surface area contributed by atoms with E-state index in [9.17, 15) is 0 Å². The molecule has 4 heteroatoms. The highest BCUT2D eigenvalue weighted by Gasteiger charge is 2.25. The number of nitrogens with zero attached hydrogens (tertiary/aromatic N) is 2. The zero-order valence-electron chi connectivity index (χ0n) is 38.0. The van der Waals surface area contributed by atoms with Crippen molar-refractivity contribution in [1.29, 1.82) is 0 Å². The molecule has 1 atom stereocenters. The third kappa shape index (κ3) is 5.96. The molecular formula is C66H42N2O2. The van der Waals surface area contributed by atoms with Crippen molar-refractivity contribution < 1.29 is 8.83 Å². The number of furan rings is 2. The van der Waals surface area contributed by atoms with E-state index in [-0.39, 0.29) is 0 Å². The van der Waals surface area contributed by atoms with Crippen LogP contribution in [0.4, 0.5) is 0 Å². The molecule has 10 aromatic carbocycles. The van der Waals surface area contributed by atoms with E-state index in [4.69, 9.17) is 8.83 Å². The van der Waals surface area contributed by atoms with E-state index in [2.05, 4.69) is 246 Å². The normalized spacial score (nSPS) is 13.7. The van der Waals surface area contributed by atoms with Crippen LogP contribution < -0.4 is 0 Å². The molecule has 1 unspecified atom stereocenters. The Morgan fingerprint density at radius 3 is 1.57 bits per heavy atom. The summed E-state index contributed by atoms with van der Waals surface area (Å²) in [5.41, 5.74) is 20.2. The van der Waals surface area contributed by atoms with Gasteiger partial charge in [-0.15, -0.1) is 0 Å². The Hall–Kier alpha value is -9.12. The van der Waals surface area contributed by atoms with Gasteiger partial charge in [-0.25, -0.2) is 0 Å². The third-order valence-electron chi connectivity index (χ3n) is 14.9. The van der Waals surface area contributed by atoms with Gasteiger partial charge in [0.15, 0.2) is 5.58 Å². The van der Waals surface area contributed by atoms with Gasteiger partial charge >= 0.3 is 0 Å². The van der Waals surface area contributed by atoms with Gasteiger partial charge in [-0.1, -0.05) is 146 Å². The summed E-state index contributed by atoms with van der Waals surface area (Å²) in [5, 5.41) is 8.19. The van der Waals surface area contributed by atoms with Crippen LogP contribution in [0.15, 0.2) is 239 Å². The van der Waals surface area contributed by atoms with E-state index in [1.807, 2.05) is 0 Å². The number of hydrogen-bond donors (Lipinski definition) is 0. The summed E-state index contributed by atoms with van der Waals surface area (Å²) in [6.45, 7) is 0. The third-order valence-corrected chi connectivity index (χ3v) is 14.9. The second kappa shape index (κ2) is 15.2. The largest absolute Gasteiger partial charge is 0.456 e. The summed E-state index contributed by atoms with van der Waals surface area (Å²) in [6, 6.07) is 81.1. The SMILES string of the molecule is C1=CC(c2ccccc2)Cc2c1n(-c1cccc3c1oc1ccc(-c4cccc(-c5ccc6oc7ccc(-c8ccc9c(c8)c8ccccc8n9-c8ccccc8)cc7c6c5)c4)cc13)c1ccccc21. The molecule has 0 radical (unpaired) electrons. The number of benzene rings is 10. The Kier molecular flexibility index (Phi) is 8.45. The number of hydrogen-bond acceptors (Lipinski definition) is 2. The lowest BCUT2D eigenvalue weighted by atomic mass is 9.87. The molecule has 4 heterocycles. The minimum atomic E-state index is 0.336. The van der Waals surface area contributed by atoms with E-state index in [0.29, 0.717) is 5.92 Å². The van der Waals surface area contributed by atoms with Crippen molar-refractivity contribution in [2.24, 2.45) is 0 Å². The van der Waals surface area contributed by atoms with Gasteiger partial charge in [-0.05, 0) is 142 Å². The molecule has 1 aliphatic rings. The van der Waals surface area contributed by atoms with Crippen LogP contribution in [-0.4, -0.2) is 9.13 Å². The highest BCUT2D eigenvalue weighted by atomic mass is 16.3. The van der Waals surface area contributed by atoms with E-state index < -0.39 is 0 Å². The fraction of sp³-hybridized carbons (Fsp3) is 0.0303. The monoisotopic (exact) mass is 894 g/mol. The van der Waals surface area contributed by atoms with Gasteiger partial charge in [0.1, 0.15) is 16.7 Å². The predicted molar refractivity (Wildman–Crippen MR) is 290 cm³/mol. The number of fused-ring (bicyclic) bond motifs is 12. The zero-order valence-corrected chi connectivity index (χ0v) is 38.0. The molecule has 70 heavy (non-hydrogen) atoms. The van der Waals surface area contributed by atoms with Crippen LogP contribution in [0, 0.1) is 0 Å². The van der Waals surface area contributed by atoms with Gasteiger partial charge in [-0.3, -0.25) is 0 Å². The van der Waals surface area contributed by atoms with E-state index in [1.165, 1.54) is 55.1 Å². The van der Waals surface area contributed by atoms with Crippen LogP contribution in [0.25, 0.3) is 127 Å². The quantitative estimate of drug-likeness (QED) is 0.167. The van der Waals surface area contributed by atoms with Crippen LogP contribution in [0.3, 0.4) is 0 Å². The van der Waals surface area contributed by atoms with Crippen LogP contribution >= 0.6 is 0 Å². The number of rotatable bonds is 6. The van der Waals surface area contributed by atoms with Crippen molar-refractivity contribution in [3.63, 3.8) is 0 Å². The first-order valence-corrected chi connectivity index (χ1v) is 24.2. The lowest BCUT2D eigenvalue weighted by Crippen LogP contribution is -2.07. The van der Waals surface area contributed by atoms with Crippen LogP contribution in [0.2, 0.25) is 0 Å². The highest BCUT2D eigenvalue weighted by Crippen LogP contribution is 2.43. The molecule has 4 nitrogen and oxygen atoms in total. The van der Waals surface area contributed by atoms with Crippen molar-refractivity contribution in [3.8, 4) is 44.8 Å². The molecule has 15 rings (SSSR count). The topological polar surface area (TPSA) is 36.1 Å². The molecule has 328 valence electrons.